The monoisotopic (exact) mass is 501 g/mol. The first-order chi connectivity index (χ1) is 17.5. The molecular weight excluding hydrogens is 460 g/mol. The summed E-state index contributed by atoms with van der Waals surface area (Å²) in [5.74, 6) is 0.160. The molecule has 0 heterocycles. The summed E-state index contributed by atoms with van der Waals surface area (Å²) in [6, 6.07) is 3.29. The number of carbonyl (C=O) groups is 1. The smallest absolute Gasteiger partial charge is 0.314 e. The molecule has 198 valence electrons. The number of rotatable bonds is 8. The molecule has 0 amide bonds. The zero-order chi connectivity index (χ0) is 25.5. The van der Waals surface area contributed by atoms with E-state index in [4.69, 9.17) is 14.7 Å². The first-order valence-electron chi connectivity index (χ1n) is 14.2. The lowest BCUT2D eigenvalue weighted by atomic mass is 9.70. The molecule has 3 fully saturated rings. The number of nitrogens with zero attached hydrogens (tertiary/aromatic N) is 1. The second-order valence-corrected chi connectivity index (χ2v) is 11.5. The summed E-state index contributed by atoms with van der Waals surface area (Å²) in [5, 5.41) is 8.78. The fraction of sp³-hybridized carbons (Fsp3) is 0.733. The summed E-state index contributed by atoms with van der Waals surface area (Å²) in [6.45, 7) is 3.23. The van der Waals surface area contributed by atoms with E-state index in [1.54, 1.807) is 0 Å². The Morgan fingerprint density at radius 1 is 0.889 bits per heavy atom. The van der Waals surface area contributed by atoms with Crippen molar-refractivity contribution in [2.45, 2.75) is 103 Å². The molecule has 0 spiro atoms. The average molecular weight is 502 g/mol. The second kappa shape index (κ2) is 13.0. The van der Waals surface area contributed by atoms with E-state index in [-0.39, 0.29) is 11.7 Å². The molecule has 0 N–H and O–H groups in total. The van der Waals surface area contributed by atoms with Crippen molar-refractivity contribution >= 4 is 5.97 Å². The fourth-order valence-corrected chi connectivity index (χ4v) is 6.84. The van der Waals surface area contributed by atoms with E-state index in [9.17, 15) is 13.6 Å². The summed E-state index contributed by atoms with van der Waals surface area (Å²) >= 11 is 0. The van der Waals surface area contributed by atoms with E-state index in [1.807, 2.05) is 0 Å². The summed E-state index contributed by atoms with van der Waals surface area (Å²) in [4.78, 5) is 12.6. The van der Waals surface area contributed by atoms with Gasteiger partial charge in [-0.25, -0.2) is 8.78 Å². The van der Waals surface area contributed by atoms with Crippen molar-refractivity contribution in [3.63, 3.8) is 0 Å². The summed E-state index contributed by atoms with van der Waals surface area (Å²) < 4.78 is 39.2. The van der Waals surface area contributed by atoms with E-state index in [0.29, 0.717) is 17.9 Å². The Kier molecular flexibility index (Phi) is 9.76. The van der Waals surface area contributed by atoms with Crippen molar-refractivity contribution in [1.29, 1.82) is 5.26 Å². The van der Waals surface area contributed by atoms with E-state index >= 15 is 0 Å². The van der Waals surface area contributed by atoms with Gasteiger partial charge in [-0.2, -0.15) is 5.26 Å². The molecule has 0 bridgehead atoms. The van der Waals surface area contributed by atoms with Crippen LogP contribution in [0.5, 0.6) is 5.75 Å². The van der Waals surface area contributed by atoms with E-state index in [0.717, 1.165) is 69.1 Å². The van der Waals surface area contributed by atoms with Gasteiger partial charge >= 0.3 is 5.97 Å². The van der Waals surface area contributed by atoms with Crippen LogP contribution in [0.4, 0.5) is 8.78 Å². The Hall–Kier alpha value is -2.00. The van der Waals surface area contributed by atoms with Gasteiger partial charge in [-0.1, -0.05) is 32.6 Å². The van der Waals surface area contributed by atoms with Crippen LogP contribution < -0.4 is 4.74 Å². The molecule has 0 radical (unpaired) electrons. The molecular formula is C30H41F2NO3. The predicted octanol–water partition coefficient (Wildman–Crippen LogP) is 7.73. The van der Waals surface area contributed by atoms with Crippen molar-refractivity contribution < 1.29 is 23.0 Å². The second-order valence-electron chi connectivity index (χ2n) is 11.5. The molecule has 6 heteroatoms. The van der Waals surface area contributed by atoms with E-state index in [2.05, 4.69) is 6.92 Å². The Labute approximate surface area is 214 Å². The van der Waals surface area contributed by atoms with Gasteiger partial charge in [0.15, 0.2) is 0 Å². The topological polar surface area (TPSA) is 59.3 Å². The first-order valence-corrected chi connectivity index (χ1v) is 14.2. The average Bonchev–Trinajstić information content (AvgIpc) is 2.89. The highest BCUT2D eigenvalue weighted by molar-refractivity contribution is 5.75. The minimum Gasteiger partial charge on any atom is -0.426 e. The number of ether oxygens (including phenoxy) is 2. The van der Waals surface area contributed by atoms with Gasteiger partial charge in [0.2, 0.25) is 0 Å². The normalized spacial score (nSPS) is 30.9. The fourth-order valence-electron chi connectivity index (χ4n) is 6.84. The van der Waals surface area contributed by atoms with Gasteiger partial charge in [0.25, 0.3) is 0 Å². The highest BCUT2D eigenvalue weighted by Gasteiger charge is 2.34. The third-order valence-corrected chi connectivity index (χ3v) is 9.07. The summed E-state index contributed by atoms with van der Waals surface area (Å²) in [5.41, 5.74) is -0.662. The lowest BCUT2D eigenvalue weighted by Gasteiger charge is -2.37. The van der Waals surface area contributed by atoms with Gasteiger partial charge in [-0.3, -0.25) is 4.79 Å². The van der Waals surface area contributed by atoms with Gasteiger partial charge in [-0.05, 0) is 87.9 Å². The Morgan fingerprint density at radius 2 is 1.44 bits per heavy atom. The van der Waals surface area contributed by atoms with Crippen molar-refractivity contribution in [1.82, 2.24) is 0 Å². The summed E-state index contributed by atoms with van der Waals surface area (Å²) in [7, 11) is 0. The maximum Gasteiger partial charge on any atom is 0.314 e. The van der Waals surface area contributed by atoms with Crippen LogP contribution in [-0.4, -0.2) is 18.7 Å². The number of esters is 1. The first kappa shape index (κ1) is 27.0. The zero-order valence-electron chi connectivity index (χ0n) is 21.7. The molecule has 4 rings (SSSR count). The van der Waals surface area contributed by atoms with E-state index in [1.165, 1.54) is 57.4 Å². The molecule has 1 aromatic carbocycles. The minimum absolute atomic E-state index is 0.177. The number of halogens is 2. The molecule has 0 aromatic heterocycles. The van der Waals surface area contributed by atoms with Gasteiger partial charge in [0, 0.05) is 18.7 Å². The third kappa shape index (κ3) is 7.06. The third-order valence-electron chi connectivity index (χ3n) is 9.07. The Bertz CT molecular complexity index is 882. The Balaban J connectivity index is 1.14. The van der Waals surface area contributed by atoms with Crippen LogP contribution >= 0.6 is 0 Å². The highest BCUT2D eigenvalue weighted by atomic mass is 19.1. The molecule has 0 aliphatic heterocycles. The standard InChI is InChI=1S/C30H41F2NO3/c1-2-3-20-4-6-21(7-5-20)19-35-25-14-12-23(13-15-25)22-8-10-24(11-9-22)30(34)36-26-16-28(31)27(18-33)29(32)17-26/h16-17,20-25H,2-15,19H2,1H3/t20-,21-,22-,23-,24-,25-. The lowest BCUT2D eigenvalue weighted by molar-refractivity contribution is -0.140. The number of benzene rings is 1. The largest absolute Gasteiger partial charge is 0.426 e. The van der Waals surface area contributed by atoms with E-state index < -0.39 is 23.2 Å². The quantitative estimate of drug-likeness (QED) is 0.270. The molecule has 3 saturated carbocycles. The number of hydrogen-bond donors (Lipinski definition) is 0. The molecule has 36 heavy (non-hydrogen) atoms. The van der Waals surface area contributed by atoms with Crippen LogP contribution in [0.1, 0.15) is 102 Å². The van der Waals surface area contributed by atoms with Crippen molar-refractivity contribution in [2.75, 3.05) is 6.61 Å². The number of carbonyl (C=O) groups excluding carboxylic acids is 1. The van der Waals surface area contributed by atoms with Crippen molar-refractivity contribution in [3.8, 4) is 11.8 Å². The molecule has 3 aliphatic carbocycles. The van der Waals surface area contributed by atoms with Crippen LogP contribution in [0, 0.1) is 52.6 Å². The predicted molar refractivity (Wildman–Crippen MR) is 134 cm³/mol. The number of hydrogen-bond acceptors (Lipinski definition) is 4. The molecule has 0 atom stereocenters. The maximum absolute atomic E-state index is 13.8. The minimum atomic E-state index is -1.01. The Morgan fingerprint density at radius 3 is 2.00 bits per heavy atom. The molecule has 4 nitrogen and oxygen atoms in total. The summed E-state index contributed by atoms with van der Waals surface area (Å²) in [6.07, 6.45) is 16.7. The van der Waals surface area contributed by atoms with Gasteiger partial charge < -0.3 is 9.47 Å². The number of nitriles is 1. The van der Waals surface area contributed by atoms with Crippen LogP contribution in [0.15, 0.2) is 12.1 Å². The zero-order valence-corrected chi connectivity index (χ0v) is 21.7. The van der Waals surface area contributed by atoms with Gasteiger partial charge in [-0.15, -0.1) is 0 Å². The maximum atomic E-state index is 13.8. The molecule has 0 saturated heterocycles. The van der Waals surface area contributed by atoms with Gasteiger partial charge in [0.05, 0.1) is 12.0 Å². The van der Waals surface area contributed by atoms with Crippen LogP contribution in [-0.2, 0) is 9.53 Å². The van der Waals surface area contributed by atoms with Crippen LogP contribution in [0.25, 0.3) is 0 Å². The SMILES string of the molecule is CCC[C@H]1CC[C@H](CO[C@H]2CC[C@H]([C@H]3CC[C@H](C(=O)Oc4cc(F)c(C#N)c(F)c4)CC3)CC2)CC1. The van der Waals surface area contributed by atoms with Crippen LogP contribution in [0.2, 0.25) is 0 Å². The lowest BCUT2D eigenvalue weighted by Crippen LogP contribution is -2.32. The highest BCUT2D eigenvalue weighted by Crippen LogP contribution is 2.41. The molecule has 1 aromatic rings. The van der Waals surface area contributed by atoms with Crippen molar-refractivity contribution in [2.24, 2.45) is 29.6 Å². The molecule has 3 aliphatic rings. The van der Waals surface area contributed by atoms with Crippen molar-refractivity contribution in [3.05, 3.63) is 29.3 Å². The van der Waals surface area contributed by atoms with Gasteiger partial charge in [0.1, 0.15) is 29.0 Å². The molecule has 0 unspecified atom stereocenters. The van der Waals surface area contributed by atoms with Crippen LogP contribution in [0.3, 0.4) is 0 Å².